The van der Waals surface area contributed by atoms with Crippen molar-refractivity contribution in [1.29, 1.82) is 0 Å². The number of carbonyl (C=O) groups excluding carboxylic acids is 2. The van der Waals surface area contributed by atoms with Gasteiger partial charge in [-0.25, -0.2) is 14.8 Å². The molecule has 9 heteroatoms. The Hall–Kier alpha value is -1.65. The van der Waals surface area contributed by atoms with E-state index in [-0.39, 0.29) is 6.61 Å². The first-order valence-electron chi connectivity index (χ1n) is 9.44. The van der Waals surface area contributed by atoms with Crippen molar-refractivity contribution in [2.75, 3.05) is 44.8 Å². The van der Waals surface area contributed by atoms with Crippen LogP contribution in [0.1, 0.15) is 10.4 Å². The minimum absolute atomic E-state index is 0.0327. The summed E-state index contributed by atoms with van der Waals surface area (Å²) in [7, 11) is 0.969. The molecule has 0 saturated carbocycles. The summed E-state index contributed by atoms with van der Waals surface area (Å²) in [4.78, 5) is 23.3. The number of ether oxygens (including phenoxy) is 4. The summed E-state index contributed by atoms with van der Waals surface area (Å²) in [5, 5.41) is 3.05. The maximum atomic E-state index is 12.3. The van der Waals surface area contributed by atoms with Gasteiger partial charge in [0.05, 0.1) is 24.3 Å². The van der Waals surface area contributed by atoms with Gasteiger partial charge >= 0.3 is 5.97 Å². The molecule has 5 unspecified atom stereocenters. The maximum absolute atomic E-state index is 12.3. The standard InChI is InChI=1S/C20H32N2O6S/c1-22-17-15(12-26-19(24)14-8-6-5-7-9-14)28-20(16(21)18(17)27-13-23)25-10-11-29(2,3)4/h5-9,13,15-18,20,22H,10-12,21H2,1-4H3. The Morgan fingerprint density at radius 1 is 1.28 bits per heavy atom. The first kappa shape index (κ1) is 23.6. The molecule has 0 spiro atoms. The van der Waals surface area contributed by atoms with E-state index in [1.54, 1.807) is 31.3 Å². The van der Waals surface area contributed by atoms with Crippen molar-refractivity contribution in [3.8, 4) is 0 Å². The van der Waals surface area contributed by atoms with Crippen molar-refractivity contribution < 1.29 is 28.5 Å². The summed E-state index contributed by atoms with van der Waals surface area (Å²) < 4.78 is 22.5. The summed E-state index contributed by atoms with van der Waals surface area (Å²) in [6, 6.07) is 7.57. The molecule has 1 saturated heterocycles. The van der Waals surface area contributed by atoms with Gasteiger partial charge in [-0.3, -0.25) is 4.79 Å². The quantitative estimate of drug-likeness (QED) is 0.415. The fourth-order valence-corrected chi connectivity index (χ4v) is 3.66. The van der Waals surface area contributed by atoms with Crippen LogP contribution in [0.4, 0.5) is 0 Å². The second-order valence-corrected chi connectivity index (χ2v) is 12.4. The number of benzene rings is 1. The molecule has 1 aromatic carbocycles. The molecule has 8 nitrogen and oxygen atoms in total. The van der Waals surface area contributed by atoms with Gasteiger partial charge in [-0.1, -0.05) is 18.2 Å². The lowest BCUT2D eigenvalue weighted by Gasteiger charge is -2.44. The highest BCUT2D eigenvalue weighted by Crippen LogP contribution is 2.34. The lowest BCUT2D eigenvalue weighted by molar-refractivity contribution is -0.241. The number of nitrogens with one attached hydrogen (secondary N) is 1. The third kappa shape index (κ3) is 6.97. The smallest absolute Gasteiger partial charge is 0.338 e. The van der Waals surface area contributed by atoms with E-state index in [0.717, 1.165) is 5.75 Å². The molecule has 164 valence electrons. The van der Waals surface area contributed by atoms with Crippen molar-refractivity contribution in [3.63, 3.8) is 0 Å². The Labute approximate surface area is 173 Å². The second kappa shape index (κ2) is 10.9. The third-order valence-corrected chi connectivity index (χ3v) is 6.06. The van der Waals surface area contributed by atoms with Gasteiger partial charge in [-0.15, -0.1) is 0 Å². The molecule has 0 amide bonds. The van der Waals surface area contributed by atoms with E-state index in [2.05, 4.69) is 24.1 Å². The number of carbonyl (C=O) groups is 2. The number of hydrogen-bond acceptors (Lipinski definition) is 8. The van der Waals surface area contributed by atoms with Gasteiger partial charge in [0.2, 0.25) is 0 Å². The molecule has 0 radical (unpaired) electrons. The van der Waals surface area contributed by atoms with Crippen LogP contribution in [0.25, 0.3) is 0 Å². The Balaban J connectivity index is 2.06. The van der Waals surface area contributed by atoms with Crippen LogP contribution >= 0.6 is 10.0 Å². The second-order valence-electron chi connectivity index (χ2n) is 7.76. The maximum Gasteiger partial charge on any atom is 0.338 e. The Morgan fingerprint density at radius 3 is 2.55 bits per heavy atom. The van der Waals surface area contributed by atoms with E-state index in [1.807, 2.05) is 6.07 Å². The van der Waals surface area contributed by atoms with E-state index >= 15 is 0 Å². The zero-order valence-corrected chi connectivity index (χ0v) is 18.2. The largest absolute Gasteiger partial charge is 0.461 e. The summed E-state index contributed by atoms with van der Waals surface area (Å²) in [6.45, 7) is 0.810. The number of esters is 1. The minimum Gasteiger partial charge on any atom is -0.461 e. The summed E-state index contributed by atoms with van der Waals surface area (Å²) in [6.07, 6.45) is 4.53. The highest BCUT2D eigenvalue weighted by Gasteiger charge is 2.46. The zero-order chi connectivity index (χ0) is 21.4. The van der Waals surface area contributed by atoms with Gasteiger partial charge in [-0.2, -0.15) is 0 Å². The predicted molar refractivity (Wildman–Crippen MR) is 113 cm³/mol. The SMILES string of the molecule is CNC1C(COC(=O)c2ccccc2)OC(OCCS(C)(C)C)C(N)C1OC=O. The van der Waals surface area contributed by atoms with Crippen molar-refractivity contribution >= 4 is 22.5 Å². The minimum atomic E-state index is -0.772. The van der Waals surface area contributed by atoms with Gasteiger partial charge in [-0.05, 0) is 37.9 Å². The Morgan fingerprint density at radius 2 is 1.97 bits per heavy atom. The molecule has 0 bridgehead atoms. The number of nitrogens with two attached hydrogens (primary N) is 1. The lowest BCUT2D eigenvalue weighted by atomic mass is 9.95. The van der Waals surface area contributed by atoms with Crippen molar-refractivity contribution in [2.24, 2.45) is 5.73 Å². The van der Waals surface area contributed by atoms with Crippen LogP contribution in [0.2, 0.25) is 0 Å². The molecule has 1 heterocycles. The molecule has 0 aromatic heterocycles. The normalized spacial score (nSPS) is 27.8. The summed E-state index contributed by atoms with van der Waals surface area (Å²) >= 11 is 0. The molecule has 5 atom stereocenters. The van der Waals surface area contributed by atoms with Gasteiger partial charge in [0.25, 0.3) is 6.47 Å². The zero-order valence-electron chi connectivity index (χ0n) is 17.4. The lowest BCUT2D eigenvalue weighted by Crippen LogP contribution is -2.67. The highest BCUT2D eigenvalue weighted by atomic mass is 32.3. The van der Waals surface area contributed by atoms with E-state index < -0.39 is 46.6 Å². The van der Waals surface area contributed by atoms with Crippen LogP contribution in [-0.2, 0) is 23.7 Å². The molecular weight excluding hydrogens is 396 g/mol. The first-order valence-corrected chi connectivity index (χ1v) is 12.5. The van der Waals surface area contributed by atoms with E-state index in [9.17, 15) is 9.59 Å². The highest BCUT2D eigenvalue weighted by molar-refractivity contribution is 8.32. The molecule has 1 aromatic rings. The summed E-state index contributed by atoms with van der Waals surface area (Å²) in [5.41, 5.74) is 6.71. The van der Waals surface area contributed by atoms with Gasteiger partial charge in [0.15, 0.2) is 6.29 Å². The Kier molecular flexibility index (Phi) is 8.91. The van der Waals surface area contributed by atoms with Crippen molar-refractivity contribution in [1.82, 2.24) is 5.32 Å². The van der Waals surface area contributed by atoms with Gasteiger partial charge < -0.3 is 30.0 Å². The van der Waals surface area contributed by atoms with E-state index in [1.165, 1.54) is 0 Å². The number of rotatable bonds is 10. The molecule has 0 aliphatic carbocycles. The first-order chi connectivity index (χ1) is 13.8. The third-order valence-electron chi connectivity index (χ3n) is 4.67. The van der Waals surface area contributed by atoms with Crippen molar-refractivity contribution in [3.05, 3.63) is 35.9 Å². The average molecular weight is 429 g/mol. The van der Waals surface area contributed by atoms with E-state index in [0.29, 0.717) is 18.6 Å². The number of likely N-dealkylation sites (N-methyl/N-ethyl adjacent to an activating group) is 1. The predicted octanol–water partition coefficient (Wildman–Crippen LogP) is 0.736. The van der Waals surface area contributed by atoms with Crippen LogP contribution in [-0.4, -0.2) is 87.8 Å². The summed E-state index contributed by atoms with van der Waals surface area (Å²) in [5.74, 6) is 0.433. The molecule has 29 heavy (non-hydrogen) atoms. The molecule has 2 rings (SSSR count). The van der Waals surface area contributed by atoms with Crippen molar-refractivity contribution in [2.45, 2.75) is 30.6 Å². The molecule has 1 aliphatic heterocycles. The Bertz CT molecular complexity index is 654. The van der Waals surface area contributed by atoms with E-state index in [4.69, 9.17) is 24.7 Å². The fraction of sp³-hybridized carbons (Fsp3) is 0.600. The number of hydrogen-bond donors (Lipinski definition) is 2. The average Bonchev–Trinajstić information content (AvgIpc) is 2.69. The van der Waals surface area contributed by atoms with Crippen LogP contribution < -0.4 is 11.1 Å². The molecule has 1 aliphatic rings. The van der Waals surface area contributed by atoms with Crippen LogP contribution in [0.3, 0.4) is 0 Å². The molecule has 3 N–H and O–H groups in total. The topological polar surface area (TPSA) is 109 Å². The van der Waals surface area contributed by atoms with Gasteiger partial charge in [0, 0.05) is 5.75 Å². The van der Waals surface area contributed by atoms with Gasteiger partial charge in [0.1, 0.15) is 18.8 Å². The fourth-order valence-electron chi connectivity index (χ4n) is 3.07. The molecule has 1 fully saturated rings. The van der Waals surface area contributed by atoms with Crippen LogP contribution in [0.15, 0.2) is 30.3 Å². The monoisotopic (exact) mass is 428 g/mol. The van der Waals surface area contributed by atoms with Crippen LogP contribution in [0, 0.1) is 0 Å². The van der Waals surface area contributed by atoms with Crippen LogP contribution in [0.5, 0.6) is 0 Å². The molecular formula is C20H32N2O6S.